The van der Waals surface area contributed by atoms with Crippen LogP contribution >= 0.6 is 11.9 Å². The minimum absolute atomic E-state index is 0.209. The van der Waals surface area contributed by atoms with Crippen LogP contribution in [0, 0.1) is 0 Å². The maximum absolute atomic E-state index is 12.9. The third kappa shape index (κ3) is 7.93. The summed E-state index contributed by atoms with van der Waals surface area (Å²) in [6.45, 7) is 5.21. The Morgan fingerprint density at radius 1 is 1.00 bits per heavy atom. The summed E-state index contributed by atoms with van der Waals surface area (Å²) in [4.78, 5) is 3.12. The second-order valence-electron chi connectivity index (χ2n) is 6.97. The van der Waals surface area contributed by atoms with Crippen LogP contribution < -0.4 is 9.46 Å². The van der Waals surface area contributed by atoms with Crippen LogP contribution in [0.15, 0.2) is 48.7 Å². The van der Waals surface area contributed by atoms with Crippen molar-refractivity contribution in [2.75, 3.05) is 17.1 Å². The van der Waals surface area contributed by atoms with E-state index in [0.717, 1.165) is 41.2 Å². The van der Waals surface area contributed by atoms with Crippen LogP contribution in [0.1, 0.15) is 38.3 Å². The zero-order valence-corrected chi connectivity index (χ0v) is 19.0. The summed E-state index contributed by atoms with van der Waals surface area (Å²) in [6.07, 6.45) is -2.23. The predicted octanol–water partition coefficient (Wildman–Crippen LogP) is 7.94. The van der Waals surface area contributed by atoms with Crippen LogP contribution in [0.25, 0.3) is 10.9 Å². The molecule has 0 aliphatic rings. The highest BCUT2D eigenvalue weighted by Gasteiger charge is 2.30. The van der Waals surface area contributed by atoms with E-state index in [4.69, 9.17) is 4.74 Å². The van der Waals surface area contributed by atoms with Gasteiger partial charge < -0.3 is 14.4 Å². The molecular weight excluding hydrogens is 447 g/mol. The number of hydrogen-bond donors (Lipinski definition) is 2. The fourth-order valence-corrected chi connectivity index (χ4v) is 3.68. The molecule has 0 saturated heterocycles. The minimum Gasteiger partial charge on any atom is -0.493 e. The first-order valence-electron chi connectivity index (χ1n) is 10.3. The molecule has 0 aliphatic heterocycles. The molecule has 3 nitrogen and oxygen atoms in total. The van der Waals surface area contributed by atoms with Gasteiger partial charge in [-0.25, -0.2) is 8.78 Å². The van der Waals surface area contributed by atoms with Gasteiger partial charge in [0.15, 0.2) is 0 Å². The Balaban J connectivity index is 0.00000176. The van der Waals surface area contributed by atoms with E-state index >= 15 is 0 Å². The van der Waals surface area contributed by atoms with E-state index in [1.807, 2.05) is 32.0 Å². The number of hydrogen-bond acceptors (Lipinski definition) is 3. The van der Waals surface area contributed by atoms with Crippen LogP contribution in [0.2, 0.25) is 0 Å². The van der Waals surface area contributed by atoms with Crippen molar-refractivity contribution in [1.82, 2.24) is 4.98 Å². The number of aromatic amines is 1. The summed E-state index contributed by atoms with van der Waals surface area (Å²) in [5.74, 6) is -2.04. The van der Waals surface area contributed by atoms with Crippen molar-refractivity contribution in [1.29, 1.82) is 0 Å². The molecule has 0 bridgehead atoms. The average molecular weight is 475 g/mol. The quantitative estimate of drug-likeness (QED) is 0.188. The predicted molar refractivity (Wildman–Crippen MR) is 122 cm³/mol. The van der Waals surface area contributed by atoms with Gasteiger partial charge in [0.05, 0.1) is 17.9 Å². The lowest BCUT2D eigenvalue weighted by molar-refractivity contribution is -0.137. The topological polar surface area (TPSA) is 37.0 Å². The summed E-state index contributed by atoms with van der Waals surface area (Å²) in [6, 6.07) is 10.4. The Morgan fingerprint density at radius 3 is 2.31 bits per heavy atom. The zero-order valence-electron chi connectivity index (χ0n) is 18.2. The number of rotatable bonds is 9. The molecule has 2 aromatic carbocycles. The molecule has 0 fully saturated rings. The molecule has 0 unspecified atom stereocenters. The van der Waals surface area contributed by atoms with Gasteiger partial charge >= 0.3 is 6.18 Å². The first kappa shape index (κ1) is 25.8. The van der Waals surface area contributed by atoms with Gasteiger partial charge in [-0.05, 0) is 48.9 Å². The molecule has 1 aromatic heterocycles. The fraction of sp³-hybridized carbons (Fsp3) is 0.391. The van der Waals surface area contributed by atoms with Crippen LogP contribution in [-0.4, -0.2) is 23.3 Å². The molecule has 3 rings (SSSR count). The van der Waals surface area contributed by atoms with E-state index in [1.165, 1.54) is 24.1 Å². The molecule has 2 N–H and O–H groups in total. The van der Waals surface area contributed by atoms with Gasteiger partial charge in [0.1, 0.15) is 5.75 Å². The van der Waals surface area contributed by atoms with E-state index in [-0.39, 0.29) is 12.2 Å². The zero-order chi connectivity index (χ0) is 23.8. The maximum Gasteiger partial charge on any atom is 0.416 e. The molecule has 0 aliphatic carbocycles. The van der Waals surface area contributed by atoms with Gasteiger partial charge in [-0.1, -0.05) is 31.9 Å². The molecule has 0 saturated carbocycles. The number of halogens is 5. The van der Waals surface area contributed by atoms with Gasteiger partial charge in [-0.2, -0.15) is 13.2 Å². The third-order valence-corrected chi connectivity index (χ3v) is 5.18. The van der Waals surface area contributed by atoms with E-state index < -0.39 is 17.7 Å². The molecule has 176 valence electrons. The van der Waals surface area contributed by atoms with E-state index in [2.05, 4.69) is 9.71 Å². The monoisotopic (exact) mass is 474 g/mol. The molecule has 3 aromatic rings. The number of alkyl halides is 5. The lowest BCUT2D eigenvalue weighted by Gasteiger charge is -2.10. The normalized spacial score (nSPS) is 11.8. The number of nitrogens with one attached hydrogen (secondary N) is 2. The lowest BCUT2D eigenvalue weighted by Crippen LogP contribution is -2.10. The number of ether oxygens (including phenoxy) is 1. The van der Waals surface area contributed by atoms with Gasteiger partial charge in [0, 0.05) is 35.7 Å². The molecular formula is C23H27F5N2OS. The minimum atomic E-state index is -4.37. The average Bonchev–Trinajstić information content (AvgIpc) is 3.14. The van der Waals surface area contributed by atoms with Crippen LogP contribution in [0.5, 0.6) is 5.75 Å². The number of fused-ring (bicyclic) bond motifs is 1. The Hall–Kier alpha value is -2.42. The van der Waals surface area contributed by atoms with Crippen LogP contribution in [0.3, 0.4) is 0 Å². The Labute approximate surface area is 188 Å². The standard InChI is InChI=1S/C21H21F5N2OS.C2H6/c1-20(22,23)9-11-30-28-19-13-27-18-7-2-14(12-17(18)19)8-10-29-16-5-3-15(4-6-16)21(24,25)26;1-2/h2-7,12-13,27-28H,8-11H2,1H3;1-2H3. The summed E-state index contributed by atoms with van der Waals surface area (Å²) in [5.41, 5.74) is 1.99. The Morgan fingerprint density at radius 2 is 1.69 bits per heavy atom. The van der Waals surface area contributed by atoms with Crippen molar-refractivity contribution < 1.29 is 26.7 Å². The third-order valence-electron chi connectivity index (χ3n) is 4.41. The largest absolute Gasteiger partial charge is 0.493 e. The summed E-state index contributed by atoms with van der Waals surface area (Å²) >= 11 is 1.22. The van der Waals surface area contributed by atoms with Crippen molar-refractivity contribution in [2.45, 2.75) is 45.7 Å². The van der Waals surface area contributed by atoms with Crippen molar-refractivity contribution in [3.05, 3.63) is 59.8 Å². The Kier molecular flexibility index (Phi) is 9.24. The van der Waals surface area contributed by atoms with Crippen LogP contribution in [0.4, 0.5) is 27.6 Å². The van der Waals surface area contributed by atoms with Crippen molar-refractivity contribution in [2.24, 2.45) is 0 Å². The van der Waals surface area contributed by atoms with E-state index in [9.17, 15) is 22.0 Å². The van der Waals surface area contributed by atoms with Crippen molar-refractivity contribution >= 4 is 28.5 Å². The number of benzene rings is 2. The molecule has 9 heteroatoms. The first-order valence-corrected chi connectivity index (χ1v) is 11.3. The van der Waals surface area contributed by atoms with Crippen molar-refractivity contribution in [3.63, 3.8) is 0 Å². The Bertz CT molecular complexity index is 965. The van der Waals surface area contributed by atoms with E-state index in [1.54, 1.807) is 6.20 Å². The molecule has 0 atom stereocenters. The summed E-state index contributed by atoms with van der Waals surface area (Å²) in [5, 5.41) is 0.929. The molecule has 0 spiro atoms. The van der Waals surface area contributed by atoms with Gasteiger partial charge in [-0.3, -0.25) is 0 Å². The van der Waals surface area contributed by atoms with E-state index in [0.29, 0.717) is 18.8 Å². The molecule has 1 heterocycles. The highest BCUT2D eigenvalue weighted by Crippen LogP contribution is 2.31. The van der Waals surface area contributed by atoms with Gasteiger partial charge in [0.25, 0.3) is 0 Å². The highest BCUT2D eigenvalue weighted by molar-refractivity contribution is 8.00. The van der Waals surface area contributed by atoms with Gasteiger partial charge in [-0.15, -0.1) is 0 Å². The summed E-state index contributed by atoms with van der Waals surface area (Å²) < 4.78 is 72.2. The molecule has 32 heavy (non-hydrogen) atoms. The second-order valence-corrected chi connectivity index (χ2v) is 7.87. The highest BCUT2D eigenvalue weighted by atomic mass is 32.2. The summed E-state index contributed by atoms with van der Waals surface area (Å²) in [7, 11) is 0. The number of anilines is 1. The SMILES string of the molecule is CC.CC(F)(F)CCSNc1c[nH]c2ccc(CCOc3ccc(C(F)(F)F)cc3)cc12. The van der Waals surface area contributed by atoms with Crippen molar-refractivity contribution in [3.8, 4) is 5.75 Å². The lowest BCUT2D eigenvalue weighted by atomic mass is 10.1. The molecule has 0 radical (unpaired) electrons. The van der Waals surface area contributed by atoms with Gasteiger partial charge in [0.2, 0.25) is 5.92 Å². The first-order chi connectivity index (χ1) is 15.1. The smallest absolute Gasteiger partial charge is 0.416 e. The number of H-pyrrole nitrogens is 1. The fourth-order valence-electron chi connectivity index (χ4n) is 2.79. The van der Waals surface area contributed by atoms with Crippen LogP contribution in [-0.2, 0) is 12.6 Å². The molecule has 0 amide bonds. The number of aromatic nitrogens is 1. The second kappa shape index (κ2) is 11.4. The maximum atomic E-state index is 12.9.